The highest BCUT2D eigenvalue weighted by Crippen LogP contribution is 2.67. The van der Waals surface area contributed by atoms with Crippen molar-refractivity contribution in [3.8, 4) is 6.07 Å². The number of hydrogen-bond acceptors (Lipinski definition) is 3. The molecule has 0 radical (unpaired) electrons. The molecule has 0 heterocycles. The predicted octanol–water partition coefficient (Wildman–Crippen LogP) is 4.43. The van der Waals surface area contributed by atoms with E-state index in [1.54, 1.807) is 7.11 Å². The lowest BCUT2D eigenvalue weighted by molar-refractivity contribution is -0.123. The van der Waals surface area contributed by atoms with Crippen LogP contribution in [-0.2, 0) is 9.53 Å². The lowest BCUT2D eigenvalue weighted by Gasteiger charge is -2.58. The highest BCUT2D eigenvalue weighted by atomic mass is 16.5. The van der Waals surface area contributed by atoms with Gasteiger partial charge in [-0.05, 0) is 74.2 Å². The first-order valence-electron chi connectivity index (χ1n) is 9.60. The quantitative estimate of drug-likeness (QED) is 0.716. The van der Waals surface area contributed by atoms with Gasteiger partial charge in [-0.25, -0.2) is 0 Å². The average molecular weight is 327 g/mol. The van der Waals surface area contributed by atoms with Crippen LogP contribution in [0.25, 0.3) is 0 Å². The molecule has 4 aliphatic carbocycles. The summed E-state index contributed by atoms with van der Waals surface area (Å²) in [7, 11) is 1.72. The van der Waals surface area contributed by atoms with Gasteiger partial charge in [-0.15, -0.1) is 0 Å². The molecule has 3 fully saturated rings. The van der Waals surface area contributed by atoms with Crippen LogP contribution in [-0.4, -0.2) is 18.5 Å². The second-order valence-corrected chi connectivity index (χ2v) is 9.11. The Kier molecular flexibility index (Phi) is 3.52. The van der Waals surface area contributed by atoms with Crippen molar-refractivity contribution in [2.45, 2.75) is 70.8 Å². The monoisotopic (exact) mass is 327 g/mol. The zero-order valence-electron chi connectivity index (χ0n) is 15.2. The van der Waals surface area contributed by atoms with Gasteiger partial charge in [0, 0.05) is 18.9 Å². The number of methoxy groups -OCH3 is 1. The fourth-order valence-corrected chi connectivity index (χ4v) is 7.12. The third kappa shape index (κ3) is 1.84. The molecule has 6 atom stereocenters. The molecule has 130 valence electrons. The molecular weight excluding hydrogens is 298 g/mol. The van der Waals surface area contributed by atoms with Gasteiger partial charge < -0.3 is 4.74 Å². The summed E-state index contributed by atoms with van der Waals surface area (Å²) in [6, 6.07) is 2.56. The maximum Gasteiger partial charge on any atom is 0.159 e. The first-order chi connectivity index (χ1) is 11.4. The summed E-state index contributed by atoms with van der Waals surface area (Å²) < 4.78 is 5.83. The molecule has 0 saturated heterocycles. The molecule has 3 nitrogen and oxygen atoms in total. The second-order valence-electron chi connectivity index (χ2n) is 9.11. The molecule has 24 heavy (non-hydrogen) atoms. The van der Waals surface area contributed by atoms with Crippen LogP contribution in [0.15, 0.2) is 11.6 Å². The normalized spacial score (nSPS) is 50.3. The first-order valence-corrected chi connectivity index (χ1v) is 9.60. The molecule has 3 saturated carbocycles. The zero-order chi connectivity index (χ0) is 17.2. The number of carbonyl (C=O) groups excluding carboxylic acids is 1. The van der Waals surface area contributed by atoms with Crippen molar-refractivity contribution < 1.29 is 9.53 Å². The summed E-state index contributed by atoms with van der Waals surface area (Å²) in [4.78, 5) is 11.9. The molecule has 0 aromatic rings. The van der Waals surface area contributed by atoms with Crippen molar-refractivity contribution >= 4 is 5.78 Å². The first kappa shape index (κ1) is 16.3. The molecule has 4 aliphatic rings. The number of nitrogens with zero attached hydrogens (tertiary/aromatic N) is 1. The lowest BCUT2D eigenvalue weighted by Crippen LogP contribution is -2.55. The Morgan fingerprint density at radius 2 is 1.88 bits per heavy atom. The summed E-state index contributed by atoms with van der Waals surface area (Å²) in [5.74, 6) is 2.27. The molecular formula is C21H29NO2. The van der Waals surface area contributed by atoms with E-state index >= 15 is 0 Å². The zero-order valence-corrected chi connectivity index (χ0v) is 15.2. The number of carbonyl (C=O) groups is 1. The predicted molar refractivity (Wildman–Crippen MR) is 92.1 cm³/mol. The van der Waals surface area contributed by atoms with E-state index in [0.29, 0.717) is 30.0 Å². The van der Waals surface area contributed by atoms with E-state index in [4.69, 9.17) is 4.74 Å². The maximum absolute atomic E-state index is 11.9. The molecule has 0 spiro atoms. The summed E-state index contributed by atoms with van der Waals surface area (Å²) in [6.07, 6.45) is 10.2. The van der Waals surface area contributed by atoms with Gasteiger partial charge in [0.2, 0.25) is 0 Å². The van der Waals surface area contributed by atoms with Gasteiger partial charge >= 0.3 is 0 Å². The smallest absolute Gasteiger partial charge is 0.159 e. The van der Waals surface area contributed by atoms with Gasteiger partial charge in [0.15, 0.2) is 11.4 Å². The van der Waals surface area contributed by atoms with Gasteiger partial charge in [0.25, 0.3) is 0 Å². The standard InChI is InChI=1S/C21H29NO2/c1-19-9-6-15(23)12-14(19)4-5-16-17(19)7-10-20(2)18(16)8-11-21(20,13-22)24-3/h12,16-18H,4-11H2,1-3H3/t16-,17-,18-,19+,20?,21?/m1/s1. The Bertz CT molecular complexity index is 647. The summed E-state index contributed by atoms with van der Waals surface area (Å²) in [5, 5.41) is 9.86. The van der Waals surface area contributed by atoms with Crippen molar-refractivity contribution in [1.82, 2.24) is 0 Å². The largest absolute Gasteiger partial charge is 0.363 e. The molecule has 0 N–H and O–H groups in total. The summed E-state index contributed by atoms with van der Waals surface area (Å²) >= 11 is 0. The Morgan fingerprint density at radius 1 is 1.12 bits per heavy atom. The van der Waals surface area contributed by atoms with Crippen molar-refractivity contribution in [1.29, 1.82) is 5.26 Å². The third-order valence-corrected chi connectivity index (χ3v) is 8.61. The van der Waals surface area contributed by atoms with Crippen molar-refractivity contribution in [3.05, 3.63) is 11.6 Å². The number of ketones is 1. The van der Waals surface area contributed by atoms with Crippen LogP contribution in [0.3, 0.4) is 0 Å². The Hall–Kier alpha value is -1.14. The minimum Gasteiger partial charge on any atom is -0.363 e. The number of allylic oxidation sites excluding steroid dienone is 1. The highest BCUT2D eigenvalue weighted by molar-refractivity contribution is 5.91. The van der Waals surface area contributed by atoms with E-state index in [1.807, 2.05) is 6.08 Å². The van der Waals surface area contributed by atoms with Gasteiger partial charge in [-0.1, -0.05) is 19.4 Å². The Morgan fingerprint density at radius 3 is 2.58 bits per heavy atom. The number of rotatable bonds is 1. The average Bonchev–Trinajstić information content (AvgIpc) is 2.88. The van der Waals surface area contributed by atoms with Crippen LogP contribution >= 0.6 is 0 Å². The van der Waals surface area contributed by atoms with E-state index in [1.165, 1.54) is 18.4 Å². The molecule has 3 heteroatoms. The van der Waals surface area contributed by atoms with Gasteiger partial charge in [0.05, 0.1) is 6.07 Å². The molecule has 0 bridgehead atoms. The number of hydrogen-bond donors (Lipinski definition) is 0. The number of nitriles is 1. The van der Waals surface area contributed by atoms with Gasteiger partial charge in [-0.3, -0.25) is 4.79 Å². The lowest BCUT2D eigenvalue weighted by atomic mass is 9.46. The molecule has 4 rings (SSSR count). The topological polar surface area (TPSA) is 50.1 Å². The van der Waals surface area contributed by atoms with E-state index < -0.39 is 5.60 Å². The van der Waals surface area contributed by atoms with E-state index in [-0.39, 0.29) is 10.8 Å². The fourth-order valence-electron chi connectivity index (χ4n) is 7.12. The van der Waals surface area contributed by atoms with Gasteiger partial charge in [-0.2, -0.15) is 5.26 Å². The van der Waals surface area contributed by atoms with Crippen LogP contribution in [0.1, 0.15) is 65.2 Å². The summed E-state index contributed by atoms with van der Waals surface area (Å²) in [5.41, 5.74) is 1.02. The van der Waals surface area contributed by atoms with Crippen LogP contribution in [0.5, 0.6) is 0 Å². The SMILES string of the molecule is COC1(C#N)CC[C@@H]2[C@@H]3CCC4=CC(=O)CC[C@]4(C)[C@@H]3CCC21C. The maximum atomic E-state index is 11.9. The Balaban J connectivity index is 1.70. The van der Waals surface area contributed by atoms with Gasteiger partial charge in [0.1, 0.15) is 0 Å². The van der Waals surface area contributed by atoms with Crippen molar-refractivity contribution in [2.24, 2.45) is 28.6 Å². The number of ether oxygens (including phenoxy) is 1. The van der Waals surface area contributed by atoms with E-state index in [0.717, 1.165) is 32.1 Å². The van der Waals surface area contributed by atoms with E-state index in [9.17, 15) is 10.1 Å². The highest BCUT2D eigenvalue weighted by Gasteiger charge is 2.65. The van der Waals surface area contributed by atoms with Crippen molar-refractivity contribution in [3.63, 3.8) is 0 Å². The molecule has 0 aromatic heterocycles. The Labute approximate surface area is 145 Å². The van der Waals surface area contributed by atoms with Crippen LogP contribution < -0.4 is 0 Å². The van der Waals surface area contributed by atoms with Crippen LogP contribution in [0.4, 0.5) is 0 Å². The molecule has 0 aromatic carbocycles. The molecule has 2 unspecified atom stereocenters. The minimum atomic E-state index is -0.595. The van der Waals surface area contributed by atoms with Crippen LogP contribution in [0, 0.1) is 39.9 Å². The number of fused-ring (bicyclic) bond motifs is 5. The van der Waals surface area contributed by atoms with Crippen LogP contribution in [0.2, 0.25) is 0 Å². The summed E-state index contributed by atoms with van der Waals surface area (Å²) in [6.45, 7) is 4.72. The third-order valence-electron chi connectivity index (χ3n) is 8.61. The van der Waals surface area contributed by atoms with E-state index in [2.05, 4.69) is 19.9 Å². The molecule has 0 aliphatic heterocycles. The minimum absolute atomic E-state index is 0.0142. The van der Waals surface area contributed by atoms with Crippen molar-refractivity contribution in [2.75, 3.05) is 7.11 Å². The molecule has 0 amide bonds. The fraction of sp³-hybridized carbons (Fsp3) is 0.810. The second kappa shape index (κ2) is 5.18.